The van der Waals surface area contributed by atoms with Gasteiger partial charge in [0.15, 0.2) is 0 Å². The van der Waals surface area contributed by atoms with Crippen LogP contribution in [0, 0.1) is 0 Å². The first kappa shape index (κ1) is 15.3. The van der Waals surface area contributed by atoms with Gasteiger partial charge in [-0.2, -0.15) is 0 Å². The largest absolute Gasteiger partial charge is 0.457 e. The summed E-state index contributed by atoms with van der Waals surface area (Å²) in [6.45, 7) is 4.27. The molecule has 0 saturated heterocycles. The minimum Gasteiger partial charge on any atom is -0.457 e. The summed E-state index contributed by atoms with van der Waals surface area (Å²) >= 11 is 0. The molecule has 0 aromatic heterocycles. The van der Waals surface area contributed by atoms with Gasteiger partial charge in [0.1, 0.15) is 11.5 Å². The van der Waals surface area contributed by atoms with Gasteiger partial charge < -0.3 is 10.5 Å². The van der Waals surface area contributed by atoms with E-state index in [-0.39, 0.29) is 11.3 Å². The second-order valence-corrected chi connectivity index (χ2v) is 5.08. The molecule has 0 amide bonds. The van der Waals surface area contributed by atoms with Gasteiger partial charge in [-0.25, -0.2) is 8.78 Å². The average molecular weight is 291 g/mol. The fraction of sp³-hybridized carbons (Fsp3) is 0.294. The van der Waals surface area contributed by atoms with Crippen LogP contribution in [0.25, 0.3) is 0 Å². The highest BCUT2D eigenvalue weighted by Crippen LogP contribution is 2.34. The van der Waals surface area contributed by atoms with Crippen molar-refractivity contribution >= 4 is 5.69 Å². The van der Waals surface area contributed by atoms with E-state index in [0.717, 1.165) is 6.42 Å². The Morgan fingerprint density at radius 1 is 1.10 bits per heavy atom. The van der Waals surface area contributed by atoms with Gasteiger partial charge >= 0.3 is 0 Å². The monoisotopic (exact) mass is 291 g/mol. The number of halogens is 2. The van der Waals surface area contributed by atoms with Crippen LogP contribution in [0.1, 0.15) is 43.7 Å². The third-order valence-corrected chi connectivity index (χ3v) is 3.56. The van der Waals surface area contributed by atoms with E-state index in [4.69, 9.17) is 10.5 Å². The standard InChI is InChI=1S/C17H19F2NO/c1-3-11(2)12-4-7-14(8-5-12)21-16-9-6-13(20)10-15(16)17(18)19/h4-11,17H,3,20H2,1-2H3. The number of hydrogen-bond donors (Lipinski definition) is 1. The van der Waals surface area contributed by atoms with Crippen LogP contribution >= 0.6 is 0 Å². The molecule has 1 atom stereocenters. The first-order chi connectivity index (χ1) is 10.0. The van der Waals surface area contributed by atoms with E-state index < -0.39 is 6.43 Å². The molecule has 0 fully saturated rings. The average Bonchev–Trinajstić information content (AvgIpc) is 2.49. The highest BCUT2D eigenvalue weighted by molar-refractivity contribution is 5.49. The number of rotatable bonds is 5. The van der Waals surface area contributed by atoms with Crippen LogP contribution in [-0.2, 0) is 0 Å². The Labute approximate surface area is 123 Å². The first-order valence-electron chi connectivity index (χ1n) is 6.96. The molecule has 0 aliphatic carbocycles. The van der Waals surface area contributed by atoms with Crippen molar-refractivity contribution in [1.29, 1.82) is 0 Å². The Hall–Kier alpha value is -2.10. The molecule has 0 aliphatic rings. The molecule has 112 valence electrons. The van der Waals surface area contributed by atoms with E-state index in [1.165, 1.54) is 17.7 Å². The highest BCUT2D eigenvalue weighted by Gasteiger charge is 2.15. The SMILES string of the molecule is CCC(C)c1ccc(Oc2ccc(N)cc2C(F)F)cc1. The molecule has 0 aliphatic heterocycles. The molecule has 21 heavy (non-hydrogen) atoms. The quantitative estimate of drug-likeness (QED) is 0.737. The lowest BCUT2D eigenvalue weighted by molar-refractivity contribution is 0.148. The Kier molecular flexibility index (Phi) is 4.78. The fourth-order valence-corrected chi connectivity index (χ4v) is 2.06. The lowest BCUT2D eigenvalue weighted by atomic mass is 9.99. The second-order valence-electron chi connectivity index (χ2n) is 5.08. The lowest BCUT2D eigenvalue weighted by Crippen LogP contribution is -1.96. The number of benzene rings is 2. The van der Waals surface area contributed by atoms with Crippen LogP contribution in [0.3, 0.4) is 0 Å². The molecule has 2 aromatic rings. The Morgan fingerprint density at radius 3 is 2.33 bits per heavy atom. The minimum atomic E-state index is -2.62. The predicted molar refractivity (Wildman–Crippen MR) is 81.0 cm³/mol. The highest BCUT2D eigenvalue weighted by atomic mass is 19.3. The number of nitrogens with two attached hydrogens (primary N) is 1. The zero-order valence-electron chi connectivity index (χ0n) is 12.1. The van der Waals surface area contributed by atoms with Crippen LogP contribution < -0.4 is 10.5 Å². The van der Waals surface area contributed by atoms with Crippen LogP contribution in [0.2, 0.25) is 0 Å². The molecule has 2 rings (SSSR count). The van der Waals surface area contributed by atoms with Crippen molar-refractivity contribution in [2.45, 2.75) is 32.6 Å². The van der Waals surface area contributed by atoms with Gasteiger partial charge in [0.05, 0.1) is 5.56 Å². The van der Waals surface area contributed by atoms with Crippen molar-refractivity contribution in [2.24, 2.45) is 0 Å². The van der Waals surface area contributed by atoms with Crippen molar-refractivity contribution in [3.8, 4) is 11.5 Å². The van der Waals surface area contributed by atoms with Crippen LogP contribution in [0.15, 0.2) is 42.5 Å². The Balaban J connectivity index is 2.22. The number of anilines is 1. The van der Waals surface area contributed by atoms with E-state index in [1.807, 2.05) is 12.1 Å². The number of alkyl halides is 2. The molecule has 4 heteroatoms. The van der Waals surface area contributed by atoms with E-state index in [1.54, 1.807) is 18.2 Å². The summed E-state index contributed by atoms with van der Waals surface area (Å²) in [5.41, 5.74) is 6.85. The Bertz CT molecular complexity index is 596. The molecule has 0 spiro atoms. The van der Waals surface area contributed by atoms with E-state index >= 15 is 0 Å². The predicted octanol–water partition coefficient (Wildman–Crippen LogP) is 5.51. The molecule has 0 saturated carbocycles. The third-order valence-electron chi connectivity index (χ3n) is 3.56. The van der Waals surface area contributed by atoms with Crippen molar-refractivity contribution in [3.05, 3.63) is 53.6 Å². The molecule has 2 nitrogen and oxygen atoms in total. The van der Waals surface area contributed by atoms with Crippen LogP contribution in [0.5, 0.6) is 11.5 Å². The summed E-state index contributed by atoms with van der Waals surface area (Å²) in [4.78, 5) is 0. The van der Waals surface area contributed by atoms with Gasteiger partial charge in [-0.15, -0.1) is 0 Å². The first-order valence-corrected chi connectivity index (χ1v) is 6.96. The third kappa shape index (κ3) is 3.72. The van der Waals surface area contributed by atoms with Gasteiger partial charge in [0.25, 0.3) is 6.43 Å². The van der Waals surface area contributed by atoms with Gasteiger partial charge in [-0.1, -0.05) is 26.0 Å². The fourth-order valence-electron chi connectivity index (χ4n) is 2.06. The molecule has 2 aromatic carbocycles. The maximum absolute atomic E-state index is 13.0. The van der Waals surface area contributed by atoms with Crippen LogP contribution in [-0.4, -0.2) is 0 Å². The maximum Gasteiger partial charge on any atom is 0.267 e. The summed E-state index contributed by atoms with van der Waals surface area (Å²) in [5, 5.41) is 0. The van der Waals surface area contributed by atoms with Gasteiger partial charge in [0, 0.05) is 5.69 Å². The van der Waals surface area contributed by atoms with Gasteiger partial charge in [-0.05, 0) is 48.2 Å². The summed E-state index contributed by atoms with van der Waals surface area (Å²) < 4.78 is 31.5. The topological polar surface area (TPSA) is 35.2 Å². The van der Waals surface area contributed by atoms with Gasteiger partial charge in [0.2, 0.25) is 0 Å². The molecular formula is C17H19F2NO. The maximum atomic E-state index is 13.0. The zero-order chi connectivity index (χ0) is 15.4. The second kappa shape index (κ2) is 6.57. The van der Waals surface area contributed by atoms with E-state index in [0.29, 0.717) is 17.4 Å². The summed E-state index contributed by atoms with van der Waals surface area (Å²) in [5.74, 6) is 1.14. The summed E-state index contributed by atoms with van der Waals surface area (Å²) in [6.07, 6.45) is -1.57. The number of ether oxygens (including phenoxy) is 1. The molecule has 0 bridgehead atoms. The Morgan fingerprint density at radius 2 is 1.76 bits per heavy atom. The summed E-state index contributed by atoms with van der Waals surface area (Å²) in [7, 11) is 0. The normalized spacial score (nSPS) is 12.4. The number of nitrogen functional groups attached to an aromatic ring is 1. The number of hydrogen-bond acceptors (Lipinski definition) is 2. The van der Waals surface area contributed by atoms with E-state index in [2.05, 4.69) is 13.8 Å². The minimum absolute atomic E-state index is 0.135. The molecule has 0 radical (unpaired) electrons. The molecule has 1 unspecified atom stereocenters. The lowest BCUT2D eigenvalue weighted by Gasteiger charge is -2.13. The zero-order valence-corrected chi connectivity index (χ0v) is 12.1. The summed E-state index contributed by atoms with van der Waals surface area (Å²) in [6, 6.07) is 11.8. The molecule has 0 heterocycles. The van der Waals surface area contributed by atoms with Crippen molar-refractivity contribution in [3.63, 3.8) is 0 Å². The van der Waals surface area contributed by atoms with Crippen LogP contribution in [0.4, 0.5) is 14.5 Å². The molecule has 2 N–H and O–H groups in total. The van der Waals surface area contributed by atoms with E-state index in [9.17, 15) is 8.78 Å². The van der Waals surface area contributed by atoms with Crippen molar-refractivity contribution < 1.29 is 13.5 Å². The smallest absolute Gasteiger partial charge is 0.267 e. The van der Waals surface area contributed by atoms with Gasteiger partial charge in [-0.3, -0.25) is 0 Å². The van der Waals surface area contributed by atoms with Crippen molar-refractivity contribution in [2.75, 3.05) is 5.73 Å². The van der Waals surface area contributed by atoms with Crippen molar-refractivity contribution in [1.82, 2.24) is 0 Å². The molecular weight excluding hydrogens is 272 g/mol.